The molecule has 96 valence electrons. The minimum atomic E-state index is -1.07. The Bertz CT molecular complexity index is 605. The first-order chi connectivity index (χ1) is 8.54. The lowest BCUT2D eigenvalue weighted by molar-refractivity contribution is -0.389. The van der Waals surface area contributed by atoms with Crippen LogP contribution in [-0.2, 0) is 4.79 Å². The molecule has 0 fully saturated rings. The first kappa shape index (κ1) is 12.3. The van der Waals surface area contributed by atoms with Gasteiger partial charge in [0.05, 0.1) is 0 Å². The quantitative estimate of drug-likeness (QED) is 0.630. The number of anilines is 1. The average Bonchev–Trinajstić information content (AvgIpc) is 2.83. The number of nitrogens with zero attached hydrogens (tertiary/aromatic N) is 3. The summed E-state index contributed by atoms with van der Waals surface area (Å²) in [6.45, 7) is 1.68. The predicted molar refractivity (Wildman–Crippen MR) is 65.1 cm³/mol. The summed E-state index contributed by atoms with van der Waals surface area (Å²) >= 11 is 1.24. The summed E-state index contributed by atoms with van der Waals surface area (Å²) in [5.74, 6) is -1.32. The molecule has 0 spiro atoms. The number of hydrogen-bond acceptors (Lipinski definition) is 6. The van der Waals surface area contributed by atoms with Crippen molar-refractivity contribution in [1.29, 1.82) is 0 Å². The molecule has 1 unspecified atom stereocenters. The Morgan fingerprint density at radius 3 is 3.06 bits per heavy atom. The van der Waals surface area contributed by atoms with Crippen LogP contribution in [0.5, 0.6) is 0 Å². The first-order valence-electron chi connectivity index (χ1n) is 5.13. The molecule has 2 heterocycles. The number of nitrogens with one attached hydrogen (secondary N) is 1. The third-order valence-corrected chi connectivity index (χ3v) is 3.18. The highest BCUT2D eigenvalue weighted by Gasteiger charge is 2.27. The van der Waals surface area contributed by atoms with Gasteiger partial charge in [0.15, 0.2) is 0 Å². The molecule has 2 N–H and O–H groups in total. The normalized spacial score (nSPS) is 12.5. The van der Waals surface area contributed by atoms with Gasteiger partial charge in [-0.2, -0.15) is 9.38 Å². The number of thiazole rings is 1. The second kappa shape index (κ2) is 4.61. The van der Waals surface area contributed by atoms with Gasteiger partial charge in [0, 0.05) is 5.38 Å². The van der Waals surface area contributed by atoms with Gasteiger partial charge in [-0.15, -0.1) is 0 Å². The summed E-state index contributed by atoms with van der Waals surface area (Å²) in [5.41, 5.74) is 0. The maximum absolute atomic E-state index is 11.0. The van der Waals surface area contributed by atoms with Crippen LogP contribution in [0.3, 0.4) is 0 Å². The van der Waals surface area contributed by atoms with Gasteiger partial charge in [-0.3, -0.25) is 0 Å². The number of carboxylic acid groups (broad SMARTS) is 1. The molecule has 0 aliphatic rings. The fraction of sp³-hybridized carbons (Fsp3) is 0.333. The van der Waals surface area contributed by atoms with E-state index in [0.717, 1.165) is 0 Å². The van der Waals surface area contributed by atoms with E-state index in [9.17, 15) is 14.9 Å². The Balaban J connectivity index is 2.43. The van der Waals surface area contributed by atoms with Crippen LogP contribution in [0, 0.1) is 10.1 Å². The van der Waals surface area contributed by atoms with Gasteiger partial charge in [0.25, 0.3) is 4.96 Å². The van der Waals surface area contributed by atoms with E-state index in [2.05, 4.69) is 10.3 Å². The minimum Gasteiger partial charge on any atom is -0.480 e. The third-order valence-electron chi connectivity index (χ3n) is 2.43. The van der Waals surface area contributed by atoms with Gasteiger partial charge in [-0.05, 0) is 11.3 Å². The van der Waals surface area contributed by atoms with Crippen LogP contribution in [0.15, 0.2) is 11.6 Å². The smallest absolute Gasteiger partial charge is 0.372 e. The van der Waals surface area contributed by atoms with Crippen LogP contribution < -0.4 is 5.32 Å². The van der Waals surface area contributed by atoms with Crippen LogP contribution in [0.2, 0.25) is 0 Å². The summed E-state index contributed by atoms with van der Waals surface area (Å²) in [7, 11) is 0. The van der Waals surface area contributed by atoms with Gasteiger partial charge in [-0.1, -0.05) is 18.3 Å². The van der Waals surface area contributed by atoms with Gasteiger partial charge < -0.3 is 20.5 Å². The molecular formula is C9H10N4O4S. The van der Waals surface area contributed by atoms with Gasteiger partial charge in [0.2, 0.25) is 5.82 Å². The lowest BCUT2D eigenvalue weighted by Crippen LogP contribution is -2.28. The highest BCUT2D eigenvalue weighted by molar-refractivity contribution is 7.15. The monoisotopic (exact) mass is 270 g/mol. The van der Waals surface area contributed by atoms with Crippen LogP contribution in [-0.4, -0.2) is 31.4 Å². The van der Waals surface area contributed by atoms with E-state index in [1.165, 1.54) is 21.9 Å². The molecule has 0 aliphatic carbocycles. The van der Waals surface area contributed by atoms with Crippen molar-refractivity contribution >= 4 is 33.9 Å². The summed E-state index contributed by atoms with van der Waals surface area (Å²) in [6, 6.07) is -0.895. The fourth-order valence-electron chi connectivity index (χ4n) is 1.55. The van der Waals surface area contributed by atoms with Crippen molar-refractivity contribution in [2.45, 2.75) is 19.4 Å². The number of hydrogen-bond donors (Lipinski definition) is 2. The molecule has 0 saturated heterocycles. The SMILES string of the molecule is CCC(Nc1nc2sccn2c1[N+](=O)[O-])C(=O)O. The van der Waals surface area contributed by atoms with Crippen molar-refractivity contribution in [1.82, 2.24) is 9.38 Å². The van der Waals surface area contributed by atoms with Crippen LogP contribution in [0.1, 0.15) is 13.3 Å². The Morgan fingerprint density at radius 1 is 1.78 bits per heavy atom. The van der Waals surface area contributed by atoms with E-state index in [-0.39, 0.29) is 11.6 Å². The van der Waals surface area contributed by atoms with E-state index in [4.69, 9.17) is 5.11 Å². The Kier molecular flexibility index (Phi) is 3.15. The number of aromatic nitrogens is 2. The summed E-state index contributed by atoms with van der Waals surface area (Å²) in [4.78, 5) is 25.8. The molecule has 2 rings (SSSR count). The number of aliphatic carboxylic acids is 1. The molecule has 0 amide bonds. The maximum atomic E-state index is 11.0. The lowest BCUT2D eigenvalue weighted by atomic mass is 10.2. The van der Waals surface area contributed by atoms with Crippen molar-refractivity contribution in [3.63, 3.8) is 0 Å². The van der Waals surface area contributed by atoms with E-state index in [1.54, 1.807) is 12.3 Å². The zero-order valence-corrected chi connectivity index (χ0v) is 10.2. The van der Waals surface area contributed by atoms with Gasteiger partial charge in [-0.25, -0.2) is 4.79 Å². The molecule has 0 aliphatic heterocycles. The number of carbonyl (C=O) groups is 1. The molecule has 9 heteroatoms. The molecule has 2 aromatic rings. The maximum Gasteiger partial charge on any atom is 0.372 e. The van der Waals surface area contributed by atoms with E-state index < -0.39 is 16.9 Å². The zero-order valence-electron chi connectivity index (χ0n) is 9.36. The molecular weight excluding hydrogens is 260 g/mol. The molecule has 18 heavy (non-hydrogen) atoms. The van der Waals surface area contributed by atoms with E-state index in [1.807, 2.05) is 0 Å². The summed E-state index contributed by atoms with van der Waals surface area (Å²) in [6.07, 6.45) is 1.83. The summed E-state index contributed by atoms with van der Waals surface area (Å²) in [5, 5.41) is 24.2. The number of rotatable bonds is 5. The largest absolute Gasteiger partial charge is 0.480 e. The van der Waals surface area contributed by atoms with E-state index in [0.29, 0.717) is 11.4 Å². The average molecular weight is 270 g/mol. The summed E-state index contributed by atoms with van der Waals surface area (Å²) < 4.78 is 1.32. The van der Waals surface area contributed by atoms with E-state index >= 15 is 0 Å². The number of nitro groups is 1. The van der Waals surface area contributed by atoms with Crippen LogP contribution >= 0.6 is 11.3 Å². The topological polar surface area (TPSA) is 110 Å². The zero-order chi connectivity index (χ0) is 13.3. The third kappa shape index (κ3) is 1.99. The number of imidazole rings is 1. The van der Waals surface area contributed by atoms with Crippen molar-refractivity contribution in [2.24, 2.45) is 0 Å². The molecule has 8 nitrogen and oxygen atoms in total. The molecule has 2 aromatic heterocycles. The minimum absolute atomic E-state index is 0.0129. The standard InChI is InChI=1S/C9H10N4O4S/c1-2-5(8(14)15)10-6-7(13(16)17)12-3-4-18-9(12)11-6/h3-5,10H,2H2,1H3,(H,14,15). The number of carboxylic acids is 1. The second-order valence-corrected chi connectivity index (χ2v) is 4.41. The second-order valence-electron chi connectivity index (χ2n) is 3.54. The Morgan fingerprint density at radius 2 is 2.50 bits per heavy atom. The van der Waals surface area contributed by atoms with Crippen molar-refractivity contribution in [2.75, 3.05) is 5.32 Å². The van der Waals surface area contributed by atoms with Gasteiger partial charge in [0.1, 0.15) is 12.2 Å². The molecule has 0 aromatic carbocycles. The van der Waals surface area contributed by atoms with Crippen LogP contribution in [0.4, 0.5) is 11.6 Å². The predicted octanol–water partition coefficient (Wildman–Crippen LogP) is 1.58. The molecule has 0 saturated carbocycles. The Labute approximate surface area is 105 Å². The molecule has 0 bridgehead atoms. The molecule has 0 radical (unpaired) electrons. The van der Waals surface area contributed by atoms with Crippen molar-refractivity contribution in [3.05, 3.63) is 21.7 Å². The fourth-order valence-corrected chi connectivity index (χ4v) is 2.26. The molecule has 1 atom stereocenters. The lowest BCUT2D eigenvalue weighted by Gasteiger charge is -2.10. The highest BCUT2D eigenvalue weighted by atomic mass is 32.1. The highest BCUT2D eigenvalue weighted by Crippen LogP contribution is 2.28. The van der Waals surface area contributed by atoms with Crippen molar-refractivity contribution < 1.29 is 14.8 Å². The Hall–Kier alpha value is -2.16. The van der Waals surface area contributed by atoms with Crippen LogP contribution in [0.25, 0.3) is 4.96 Å². The van der Waals surface area contributed by atoms with Gasteiger partial charge >= 0.3 is 11.8 Å². The van der Waals surface area contributed by atoms with Crippen molar-refractivity contribution in [3.8, 4) is 0 Å². The number of fused-ring (bicyclic) bond motifs is 1. The first-order valence-corrected chi connectivity index (χ1v) is 6.01.